The van der Waals surface area contributed by atoms with E-state index in [2.05, 4.69) is 10.3 Å². The van der Waals surface area contributed by atoms with Crippen LogP contribution in [0.3, 0.4) is 0 Å². The van der Waals surface area contributed by atoms with Crippen LogP contribution in [-0.4, -0.2) is 18.6 Å². The highest BCUT2D eigenvalue weighted by molar-refractivity contribution is 5.69. The number of rotatable bonds is 6. The van der Waals surface area contributed by atoms with E-state index in [-0.39, 0.29) is 0 Å². The van der Waals surface area contributed by atoms with Gasteiger partial charge in [-0.1, -0.05) is 12.2 Å². The number of aromatic nitrogens is 1. The van der Waals surface area contributed by atoms with Gasteiger partial charge in [-0.15, -0.1) is 0 Å². The number of methoxy groups -OCH3 is 1. The molecule has 1 aromatic carbocycles. The fourth-order valence-corrected chi connectivity index (χ4v) is 2.10. The Bertz CT molecular complexity index is 731. The molecule has 0 atom stereocenters. The summed E-state index contributed by atoms with van der Waals surface area (Å²) >= 11 is 0. The molecule has 0 radical (unpaired) electrons. The van der Waals surface area contributed by atoms with Crippen molar-refractivity contribution >= 4 is 11.8 Å². The van der Waals surface area contributed by atoms with E-state index in [1.54, 1.807) is 25.8 Å². The van der Waals surface area contributed by atoms with Crippen LogP contribution in [0.5, 0.6) is 5.75 Å². The summed E-state index contributed by atoms with van der Waals surface area (Å²) in [5, 5.41) is 3.31. The van der Waals surface area contributed by atoms with Crippen molar-refractivity contribution in [1.82, 2.24) is 4.98 Å². The number of anilines is 1. The van der Waals surface area contributed by atoms with Crippen molar-refractivity contribution in [1.29, 1.82) is 0 Å². The number of oxazole rings is 1. The highest BCUT2D eigenvalue weighted by atomic mass is 16.5. The van der Waals surface area contributed by atoms with Crippen molar-refractivity contribution in [2.75, 3.05) is 19.0 Å². The van der Waals surface area contributed by atoms with E-state index >= 15 is 0 Å². The molecule has 0 aliphatic heterocycles. The van der Waals surface area contributed by atoms with Crippen LogP contribution in [0.4, 0.5) is 5.69 Å². The molecule has 5 heteroatoms. The molecule has 1 N–H and O–H groups in total. The third-order valence-corrected chi connectivity index (χ3v) is 3.18. The molecule has 0 spiro atoms. The molecule has 2 aromatic heterocycles. The number of nitrogens with zero attached hydrogens (tertiary/aromatic N) is 1. The maximum absolute atomic E-state index is 5.42. The van der Waals surface area contributed by atoms with Gasteiger partial charge in [0.15, 0.2) is 12.2 Å². The monoisotopic (exact) mass is 296 g/mol. The molecule has 0 amide bonds. The van der Waals surface area contributed by atoms with Gasteiger partial charge in [-0.3, -0.25) is 0 Å². The topological polar surface area (TPSA) is 60.4 Å². The highest BCUT2D eigenvalue weighted by Crippen LogP contribution is 2.32. The van der Waals surface area contributed by atoms with Crippen molar-refractivity contribution in [2.45, 2.75) is 0 Å². The molecule has 3 rings (SSSR count). The summed E-state index contributed by atoms with van der Waals surface area (Å²) in [5.41, 5.74) is 2.89. The SMILES string of the molecule is COc1cc(NC/C=C/c2ccoc2)ccc1-c1cnco1. The zero-order chi connectivity index (χ0) is 15.2. The van der Waals surface area contributed by atoms with E-state index in [9.17, 15) is 0 Å². The molecule has 0 saturated heterocycles. The maximum Gasteiger partial charge on any atom is 0.181 e. The van der Waals surface area contributed by atoms with Crippen molar-refractivity contribution in [3.63, 3.8) is 0 Å². The minimum Gasteiger partial charge on any atom is -0.496 e. The molecule has 5 nitrogen and oxygen atoms in total. The van der Waals surface area contributed by atoms with Crippen molar-refractivity contribution in [3.8, 4) is 17.1 Å². The average Bonchev–Trinajstić information content (AvgIpc) is 3.24. The second-order valence-electron chi connectivity index (χ2n) is 4.62. The van der Waals surface area contributed by atoms with Gasteiger partial charge in [-0.25, -0.2) is 4.98 Å². The lowest BCUT2D eigenvalue weighted by molar-refractivity contribution is 0.415. The minimum absolute atomic E-state index is 0.684. The second-order valence-corrected chi connectivity index (χ2v) is 4.62. The van der Waals surface area contributed by atoms with Crippen molar-refractivity contribution in [3.05, 3.63) is 61.0 Å². The molecule has 3 aromatic rings. The van der Waals surface area contributed by atoms with Gasteiger partial charge in [0.05, 0.1) is 31.4 Å². The maximum atomic E-state index is 5.42. The molecule has 0 aliphatic carbocycles. The first-order chi connectivity index (χ1) is 10.9. The van der Waals surface area contributed by atoms with Crippen LogP contribution in [0.25, 0.3) is 17.4 Å². The first-order valence-electron chi connectivity index (χ1n) is 6.86. The van der Waals surface area contributed by atoms with Gasteiger partial charge in [0.25, 0.3) is 0 Å². The third-order valence-electron chi connectivity index (χ3n) is 3.18. The third kappa shape index (κ3) is 3.20. The normalized spacial score (nSPS) is 11.0. The average molecular weight is 296 g/mol. The van der Waals surface area contributed by atoms with E-state index in [0.717, 1.165) is 22.6 Å². The fraction of sp³-hybridized carbons (Fsp3) is 0.118. The molecule has 112 valence electrons. The van der Waals surface area contributed by atoms with Crippen LogP contribution in [0.2, 0.25) is 0 Å². The van der Waals surface area contributed by atoms with Crippen LogP contribution in [0.1, 0.15) is 5.56 Å². The second kappa shape index (κ2) is 6.67. The number of ether oxygens (including phenoxy) is 1. The van der Waals surface area contributed by atoms with Crippen molar-refractivity contribution in [2.24, 2.45) is 0 Å². The van der Waals surface area contributed by atoms with Crippen LogP contribution in [0, 0.1) is 0 Å². The lowest BCUT2D eigenvalue weighted by atomic mass is 10.1. The first kappa shape index (κ1) is 14.0. The Morgan fingerprint density at radius 1 is 1.32 bits per heavy atom. The van der Waals surface area contributed by atoms with Crippen LogP contribution < -0.4 is 10.1 Å². The smallest absolute Gasteiger partial charge is 0.181 e. The number of hydrogen-bond donors (Lipinski definition) is 1. The minimum atomic E-state index is 0.684. The Balaban J connectivity index is 1.67. The summed E-state index contributed by atoms with van der Waals surface area (Å²) < 4.78 is 15.7. The predicted molar refractivity (Wildman–Crippen MR) is 84.7 cm³/mol. The Labute approximate surface area is 128 Å². The number of hydrogen-bond acceptors (Lipinski definition) is 5. The number of furan rings is 1. The predicted octanol–water partition coefficient (Wildman–Crippen LogP) is 4.07. The molecule has 0 bridgehead atoms. The molecular formula is C17H16N2O3. The van der Waals surface area contributed by atoms with Crippen LogP contribution in [0.15, 0.2) is 64.3 Å². The molecule has 0 aliphatic rings. The Morgan fingerprint density at radius 2 is 2.27 bits per heavy atom. The van der Waals surface area contributed by atoms with Gasteiger partial charge in [-0.05, 0) is 18.2 Å². The van der Waals surface area contributed by atoms with Gasteiger partial charge < -0.3 is 18.9 Å². The van der Waals surface area contributed by atoms with Crippen LogP contribution in [-0.2, 0) is 0 Å². The van der Waals surface area contributed by atoms with Crippen LogP contribution >= 0.6 is 0 Å². The summed E-state index contributed by atoms with van der Waals surface area (Å²) in [6.45, 7) is 0.704. The molecule has 0 saturated carbocycles. The quantitative estimate of drug-likeness (QED) is 0.743. The Morgan fingerprint density at radius 3 is 3.00 bits per heavy atom. The lowest BCUT2D eigenvalue weighted by Gasteiger charge is -2.09. The number of nitrogens with one attached hydrogen (secondary N) is 1. The van der Waals surface area contributed by atoms with Crippen molar-refractivity contribution < 1.29 is 13.6 Å². The van der Waals surface area contributed by atoms with E-state index in [4.69, 9.17) is 13.6 Å². The van der Waals surface area contributed by atoms with Gasteiger partial charge >= 0.3 is 0 Å². The molecule has 2 heterocycles. The van der Waals surface area contributed by atoms with E-state index in [0.29, 0.717) is 12.3 Å². The van der Waals surface area contributed by atoms with Gasteiger partial charge in [-0.2, -0.15) is 0 Å². The molecule has 0 fully saturated rings. The van der Waals surface area contributed by atoms with E-state index in [1.807, 2.05) is 36.4 Å². The zero-order valence-corrected chi connectivity index (χ0v) is 12.2. The first-order valence-corrected chi connectivity index (χ1v) is 6.86. The summed E-state index contributed by atoms with van der Waals surface area (Å²) in [6.07, 6.45) is 10.4. The van der Waals surface area contributed by atoms with Gasteiger partial charge in [0.2, 0.25) is 0 Å². The summed E-state index contributed by atoms with van der Waals surface area (Å²) in [7, 11) is 1.64. The van der Waals surface area contributed by atoms with E-state index in [1.165, 1.54) is 6.39 Å². The Kier molecular flexibility index (Phi) is 4.25. The lowest BCUT2D eigenvalue weighted by Crippen LogP contribution is -1.98. The standard InChI is InChI=1S/C17H16N2O3/c1-20-16-9-14(4-5-15(16)17-10-18-12-22-17)19-7-2-3-13-6-8-21-11-13/h2-6,8-12,19H,7H2,1H3/b3-2+. The number of benzene rings is 1. The Hall–Kier alpha value is -2.95. The van der Waals surface area contributed by atoms with Gasteiger partial charge in [0.1, 0.15) is 5.75 Å². The van der Waals surface area contributed by atoms with Gasteiger partial charge in [0, 0.05) is 23.9 Å². The molecular weight excluding hydrogens is 280 g/mol. The van der Waals surface area contributed by atoms with E-state index < -0.39 is 0 Å². The summed E-state index contributed by atoms with van der Waals surface area (Å²) in [4.78, 5) is 3.93. The highest BCUT2D eigenvalue weighted by Gasteiger charge is 2.09. The summed E-state index contributed by atoms with van der Waals surface area (Å²) in [6, 6.07) is 7.77. The fourth-order valence-electron chi connectivity index (χ4n) is 2.10. The largest absolute Gasteiger partial charge is 0.496 e. The molecule has 22 heavy (non-hydrogen) atoms. The molecule has 0 unspecified atom stereocenters. The zero-order valence-electron chi connectivity index (χ0n) is 12.2. The summed E-state index contributed by atoms with van der Waals surface area (Å²) in [5.74, 6) is 1.42.